The molecule has 7 amide bonds. The Morgan fingerprint density at radius 2 is 0.544 bits per heavy atom. The first-order valence-corrected chi connectivity index (χ1v) is 49.1. The molecule has 0 bridgehead atoms. The number of carbonyl (C=O) groups is 7. The van der Waals surface area contributed by atoms with Gasteiger partial charge in [-0.3, -0.25) is 52.0 Å². The smallest absolute Gasteiger partial charge is 0.387 e. The lowest BCUT2D eigenvalue weighted by Gasteiger charge is -2.40. The number of aliphatic hydroxyl groups excluding tert-OH is 9. The Morgan fingerprint density at radius 3 is 0.779 bits per heavy atom. The average molecular weight is 2040 g/mol. The number of phosphoric ester groups is 3. The molecule has 0 radical (unpaired) electrons. The third-order valence-electron chi connectivity index (χ3n) is 19.9. The molecule has 4 aliphatic rings. The summed E-state index contributed by atoms with van der Waals surface area (Å²) in [5.74, 6) is -3.13. The van der Waals surface area contributed by atoms with Gasteiger partial charge in [0, 0.05) is 82.6 Å². The third-order valence-corrected chi connectivity index (χ3v) is 21.4. The number of hydrogen-bond donors (Lipinski definition) is 20. The van der Waals surface area contributed by atoms with Crippen molar-refractivity contribution < 1.29 is 240 Å². The fourth-order valence-electron chi connectivity index (χ4n) is 12.6. The van der Waals surface area contributed by atoms with Gasteiger partial charge in [-0.25, -0.2) is 13.7 Å². The predicted molar refractivity (Wildman–Crippen MR) is 458 cm³/mol. The van der Waals surface area contributed by atoms with Crippen LogP contribution in [0, 0.1) is 0 Å². The Morgan fingerprint density at radius 1 is 0.316 bits per heavy atom. The molecule has 4 rings (SSSR count). The van der Waals surface area contributed by atoms with Gasteiger partial charge < -0.3 is 206 Å². The number of imide groups is 1. The first-order chi connectivity index (χ1) is 65.0. The molecule has 16 unspecified atom stereocenters. The molecule has 56 nitrogen and oxygen atoms in total. The predicted octanol–water partition coefficient (Wildman–Crippen LogP) is -10.3. The summed E-state index contributed by atoms with van der Waals surface area (Å²) in [4.78, 5) is 146. The van der Waals surface area contributed by atoms with E-state index in [1.54, 1.807) is 7.85 Å². The van der Waals surface area contributed by atoms with Crippen molar-refractivity contribution in [1.29, 1.82) is 0 Å². The molecule has 0 aromatic carbocycles. The van der Waals surface area contributed by atoms with Gasteiger partial charge in [-0.1, -0.05) is 0 Å². The summed E-state index contributed by atoms with van der Waals surface area (Å²) >= 11 is 0. The van der Waals surface area contributed by atoms with Gasteiger partial charge in [-0.15, -0.1) is 0 Å². The van der Waals surface area contributed by atoms with Crippen LogP contribution in [0.3, 0.4) is 0 Å². The lowest BCUT2D eigenvalue weighted by atomic mass is 9.83. The summed E-state index contributed by atoms with van der Waals surface area (Å²) in [6.45, 7) is 2.13. The van der Waals surface area contributed by atoms with Crippen LogP contribution in [-0.2, 0) is 165 Å². The highest BCUT2D eigenvalue weighted by atomic mass is 31.2. The van der Waals surface area contributed by atoms with Crippen molar-refractivity contribution in [3.8, 4) is 0 Å². The van der Waals surface area contributed by atoms with Crippen LogP contribution in [0.2, 0.25) is 5.82 Å². The number of hydrogen-bond acceptors (Lipinski definition) is 44. The first-order valence-electron chi connectivity index (χ1n) is 44.5. The molecule has 0 aromatic rings. The quantitative estimate of drug-likeness (QED) is 0.0116. The molecule has 0 aliphatic carbocycles. The van der Waals surface area contributed by atoms with Crippen LogP contribution in [0.5, 0.6) is 0 Å². The minimum Gasteiger partial charge on any atom is -0.387 e. The third kappa shape index (κ3) is 57.8. The number of aliphatic hydroxyl groups is 9. The van der Waals surface area contributed by atoms with Crippen molar-refractivity contribution in [2.45, 2.75) is 161 Å². The topological polar surface area (TPSA) is 768 Å². The van der Waals surface area contributed by atoms with E-state index in [1.807, 2.05) is 0 Å². The van der Waals surface area contributed by atoms with Crippen molar-refractivity contribution in [3.63, 3.8) is 0 Å². The van der Waals surface area contributed by atoms with Crippen LogP contribution < -0.4 is 26.6 Å². The van der Waals surface area contributed by atoms with Crippen LogP contribution in [0.4, 0.5) is 0 Å². The summed E-state index contributed by atoms with van der Waals surface area (Å²) in [5, 5.41) is 106. The Kier molecular flexibility index (Phi) is 66.4. The molecule has 60 heteroatoms. The second-order valence-electron chi connectivity index (χ2n) is 30.5. The zero-order chi connectivity index (χ0) is 99.8. The van der Waals surface area contributed by atoms with Gasteiger partial charge in [0.2, 0.25) is 41.4 Å². The van der Waals surface area contributed by atoms with Crippen molar-refractivity contribution in [2.75, 3.05) is 284 Å². The van der Waals surface area contributed by atoms with E-state index in [9.17, 15) is 93.2 Å². The highest BCUT2D eigenvalue weighted by Crippen LogP contribution is 2.40. The van der Waals surface area contributed by atoms with Crippen LogP contribution >= 0.6 is 23.5 Å². The summed E-state index contributed by atoms with van der Waals surface area (Å²) in [6.07, 6.45) is -24.8. The number of likely N-dealkylation sites (tertiary alicyclic amines) is 1. The molecule has 4 heterocycles. The van der Waals surface area contributed by atoms with E-state index >= 15 is 0 Å². The Hall–Kier alpha value is -4.36. The number of amides is 7. The Bertz CT molecular complexity index is 3120. The van der Waals surface area contributed by atoms with Crippen LogP contribution in [0.1, 0.15) is 57.8 Å². The highest BCUT2D eigenvalue weighted by Gasteiger charge is 2.48. The summed E-state index contributed by atoms with van der Waals surface area (Å²) in [5.41, 5.74) is -1.34. The minimum absolute atomic E-state index is 0.00440. The van der Waals surface area contributed by atoms with Gasteiger partial charge in [0.1, 0.15) is 81.1 Å². The van der Waals surface area contributed by atoms with E-state index in [1.165, 1.54) is 0 Å². The number of phosphoric acid groups is 3. The maximum Gasteiger partial charge on any atom is 0.469 e. The molecule has 0 saturated carbocycles. The largest absolute Gasteiger partial charge is 0.469 e. The van der Waals surface area contributed by atoms with Gasteiger partial charge in [0.05, 0.1) is 251 Å². The van der Waals surface area contributed by atoms with E-state index in [4.69, 9.17) is 134 Å². The molecular weight excluding hydrogens is 1900 g/mol. The van der Waals surface area contributed by atoms with Gasteiger partial charge in [0.15, 0.2) is 18.9 Å². The van der Waals surface area contributed by atoms with E-state index in [0.29, 0.717) is 0 Å². The normalized spacial score (nSPS) is 23.9. The molecule has 794 valence electrons. The molecule has 0 spiro atoms. The number of ether oxygens (including phenoxy) is 22. The molecule has 4 fully saturated rings. The second-order valence-corrected chi connectivity index (χ2v) is 34.2. The lowest BCUT2D eigenvalue weighted by molar-refractivity contribution is -0.301. The maximum atomic E-state index is 14.0. The summed E-state index contributed by atoms with van der Waals surface area (Å²) in [7, 11) is -13.1. The highest BCUT2D eigenvalue weighted by molar-refractivity contribution is 7.46. The van der Waals surface area contributed by atoms with Crippen molar-refractivity contribution >= 4 is 72.7 Å². The summed E-state index contributed by atoms with van der Waals surface area (Å²) < 4.78 is 167. The molecule has 4 saturated heterocycles. The fraction of sp³-hybridized carbons (Fsp3) is 0.908. The zero-order valence-corrected chi connectivity index (χ0v) is 79.0. The van der Waals surface area contributed by atoms with Gasteiger partial charge in [-0.05, 0) is 19.3 Å². The van der Waals surface area contributed by atoms with Crippen molar-refractivity contribution in [1.82, 2.24) is 31.5 Å². The van der Waals surface area contributed by atoms with E-state index in [-0.39, 0.29) is 339 Å². The van der Waals surface area contributed by atoms with E-state index in [0.717, 1.165) is 4.90 Å². The van der Waals surface area contributed by atoms with Gasteiger partial charge in [-0.2, -0.15) is 0 Å². The van der Waals surface area contributed by atoms with E-state index < -0.39 is 170 Å². The number of carbonyl (C=O) groups excluding carboxylic acids is 7. The lowest BCUT2D eigenvalue weighted by Crippen LogP contribution is -2.59. The average Bonchev–Trinajstić information content (AvgIpc) is 1.83. The number of nitrogens with zero attached hydrogens (tertiary/aromatic N) is 1. The van der Waals surface area contributed by atoms with Gasteiger partial charge >= 0.3 is 23.5 Å². The van der Waals surface area contributed by atoms with Crippen LogP contribution in [-0.4, -0.2) is 511 Å². The SMILES string of the molecule is BC1CC(=O)N(CCC(=O)NCCOCCOCCOCCOCCC(=O)NC(CCC(=O)NCCOCCOCCOCCOCCOC2OC(COP(=O)(O)O)C(O)C(O)C2O)(CCC(=O)NCCOCCOCCOCCOCCOC2OC(COP(=O)(O)O)C(O)C(O)C2O)CCC(=O)NCCOCCOCCOCCOCCOC2OC(COP(=O)(O)O)C(O)C(O)C2O)C1=O. The summed E-state index contributed by atoms with van der Waals surface area (Å²) in [6, 6.07) is 0. The van der Waals surface area contributed by atoms with Crippen molar-refractivity contribution in [3.05, 3.63) is 0 Å². The standard InChI is InChI=1S/C76H142BN6O50P3/c77-53-49-62(89)83(72(53)99)13-4-60(87)81-12-18-113-23-28-115-30-29-114-24-19-109-14-5-61(88)82-76(6-1-57(84)78-9-15-110-20-25-116-31-34-119-37-40-122-43-46-125-73-69(96)66(93)63(90)54(131-73)50-128-134(100,101)102,7-2-58(85)79-10-16-111-21-26-117-32-35-120-38-41-123-44-47-126-74-70(97)67(94)64(91)55(132-74)51-129-135(103,104)105)8-3-59(86)80-11-17-112-22-27-118-33-36-121-39-42-124-45-48-127-75-71(98)68(95)65(92)56(133-75)52-130-136(106,107)108/h53-56,63-71,73-75,90-98H,1-52,77H2,(H,78,84)(H,79,85)(H,80,86)(H,81,87)(H,82,88)(H2,100,101,102)(H2,103,104,105)(H2,106,107,108). The van der Waals surface area contributed by atoms with Crippen molar-refractivity contribution in [2.24, 2.45) is 0 Å². The molecule has 20 N–H and O–H groups in total. The molecule has 16 atom stereocenters. The fourth-order valence-corrected chi connectivity index (χ4v) is 13.7. The van der Waals surface area contributed by atoms with Crippen LogP contribution in [0.15, 0.2) is 0 Å². The molecule has 136 heavy (non-hydrogen) atoms. The minimum atomic E-state index is -4.93. The molecular formula is C76H142BN6O50P3. The Labute approximate surface area is 786 Å². The number of rotatable bonds is 85. The number of nitrogens with one attached hydrogen (secondary N) is 5. The monoisotopic (exact) mass is 2040 g/mol. The maximum absolute atomic E-state index is 14.0. The first kappa shape index (κ1) is 124. The molecule has 4 aliphatic heterocycles. The van der Waals surface area contributed by atoms with Crippen LogP contribution in [0.25, 0.3) is 0 Å². The van der Waals surface area contributed by atoms with E-state index in [2.05, 4.69) is 40.2 Å². The second kappa shape index (κ2) is 72.8. The Balaban J connectivity index is 1.23. The molecule has 0 aromatic heterocycles. The van der Waals surface area contributed by atoms with Gasteiger partial charge in [0.25, 0.3) is 0 Å². The zero-order valence-electron chi connectivity index (χ0n) is 76.3.